The van der Waals surface area contributed by atoms with Gasteiger partial charge in [-0.3, -0.25) is 0 Å². The Bertz CT molecular complexity index is 469. The van der Waals surface area contributed by atoms with Crippen LogP contribution in [0.5, 0.6) is 0 Å². The molecule has 0 spiro atoms. The van der Waals surface area contributed by atoms with Gasteiger partial charge in [-0.15, -0.1) is 0 Å². The lowest BCUT2D eigenvalue weighted by molar-refractivity contribution is 0.0691. The van der Waals surface area contributed by atoms with Crippen molar-refractivity contribution in [3.63, 3.8) is 0 Å². The van der Waals surface area contributed by atoms with Crippen LogP contribution < -0.4 is 5.32 Å². The van der Waals surface area contributed by atoms with E-state index in [4.69, 9.17) is 5.11 Å². The van der Waals surface area contributed by atoms with Crippen molar-refractivity contribution < 1.29 is 14.7 Å². The molecule has 8 heteroatoms. The van der Waals surface area contributed by atoms with Crippen molar-refractivity contribution in [1.29, 1.82) is 0 Å². The number of carboxylic acids is 1. The van der Waals surface area contributed by atoms with Crippen LogP contribution >= 0.6 is 11.8 Å². The number of rotatable bonds is 4. The number of carboxylic acid groups (broad SMARTS) is 1. The summed E-state index contributed by atoms with van der Waals surface area (Å²) in [5, 5.41) is 11.6. The first-order valence-electron chi connectivity index (χ1n) is 6.52. The lowest BCUT2D eigenvalue weighted by Crippen LogP contribution is -2.42. The molecule has 2 heterocycles. The normalized spacial score (nSPS) is 15.7. The highest BCUT2D eigenvalue weighted by Crippen LogP contribution is 2.09. The first-order chi connectivity index (χ1) is 9.66. The van der Waals surface area contributed by atoms with Gasteiger partial charge in [0.05, 0.1) is 6.33 Å². The summed E-state index contributed by atoms with van der Waals surface area (Å²) in [5.41, 5.74) is 0.0147. The molecule has 20 heavy (non-hydrogen) atoms. The molecule has 0 saturated carbocycles. The Morgan fingerprint density at radius 2 is 2.25 bits per heavy atom. The van der Waals surface area contributed by atoms with E-state index in [0.29, 0.717) is 13.1 Å². The van der Waals surface area contributed by atoms with Gasteiger partial charge in [0.1, 0.15) is 0 Å². The molecule has 0 radical (unpaired) electrons. The van der Waals surface area contributed by atoms with Crippen LogP contribution in [0.2, 0.25) is 0 Å². The topological polar surface area (TPSA) is 87.5 Å². The van der Waals surface area contributed by atoms with E-state index in [9.17, 15) is 9.59 Å². The highest BCUT2D eigenvalue weighted by Gasteiger charge is 2.14. The van der Waals surface area contributed by atoms with Crippen molar-refractivity contribution in [1.82, 2.24) is 19.8 Å². The zero-order valence-electron chi connectivity index (χ0n) is 11.1. The molecule has 1 aliphatic rings. The van der Waals surface area contributed by atoms with Crippen molar-refractivity contribution in [2.24, 2.45) is 0 Å². The van der Waals surface area contributed by atoms with Gasteiger partial charge in [-0.1, -0.05) is 0 Å². The van der Waals surface area contributed by atoms with Crippen LogP contribution in [0.15, 0.2) is 12.5 Å². The molecule has 1 saturated heterocycles. The quantitative estimate of drug-likeness (QED) is 0.855. The molecule has 7 nitrogen and oxygen atoms in total. The fourth-order valence-corrected chi connectivity index (χ4v) is 2.83. The number of carbonyl (C=O) groups excluding carboxylic acids is 1. The Morgan fingerprint density at radius 1 is 1.40 bits per heavy atom. The smallest absolute Gasteiger partial charge is 0.356 e. The number of nitrogens with one attached hydrogen (secondary N) is 1. The van der Waals surface area contributed by atoms with Crippen LogP contribution in [0.1, 0.15) is 16.9 Å². The number of carbonyl (C=O) groups is 2. The minimum atomic E-state index is -1.05. The summed E-state index contributed by atoms with van der Waals surface area (Å²) < 4.78 is 1.65. The molecule has 1 aromatic heterocycles. The van der Waals surface area contributed by atoms with Gasteiger partial charge in [0.2, 0.25) is 0 Å². The Balaban J connectivity index is 1.74. The van der Waals surface area contributed by atoms with E-state index in [1.54, 1.807) is 4.57 Å². The van der Waals surface area contributed by atoms with E-state index in [-0.39, 0.29) is 11.7 Å². The third kappa shape index (κ3) is 4.16. The summed E-state index contributed by atoms with van der Waals surface area (Å²) >= 11 is 1.87. The lowest BCUT2D eigenvalue weighted by atomic mass is 10.4. The van der Waals surface area contributed by atoms with Crippen molar-refractivity contribution in [2.75, 3.05) is 31.1 Å². The van der Waals surface area contributed by atoms with E-state index in [1.807, 2.05) is 16.7 Å². The van der Waals surface area contributed by atoms with Gasteiger partial charge in [0.25, 0.3) is 0 Å². The van der Waals surface area contributed by atoms with Crippen LogP contribution in [0.25, 0.3) is 0 Å². The monoisotopic (exact) mass is 298 g/mol. The van der Waals surface area contributed by atoms with Crippen molar-refractivity contribution in [2.45, 2.75) is 13.0 Å². The average molecular weight is 298 g/mol. The lowest BCUT2D eigenvalue weighted by Gasteiger charge is -2.20. The molecule has 1 aromatic rings. The molecular formula is C12H18N4O3S. The van der Waals surface area contributed by atoms with Gasteiger partial charge in [-0.05, 0) is 12.2 Å². The van der Waals surface area contributed by atoms with Gasteiger partial charge in [0, 0.05) is 38.1 Å². The van der Waals surface area contributed by atoms with E-state index >= 15 is 0 Å². The number of imidazole rings is 1. The predicted molar refractivity (Wildman–Crippen MR) is 76.1 cm³/mol. The maximum Gasteiger partial charge on any atom is 0.356 e. The van der Waals surface area contributed by atoms with Gasteiger partial charge in [0.15, 0.2) is 5.69 Å². The van der Waals surface area contributed by atoms with Crippen LogP contribution in [-0.2, 0) is 6.54 Å². The number of aromatic nitrogens is 2. The number of aromatic carboxylic acids is 1. The third-order valence-electron chi connectivity index (χ3n) is 3.01. The minimum Gasteiger partial charge on any atom is -0.476 e. The molecule has 2 N–H and O–H groups in total. The average Bonchev–Trinajstić information content (AvgIpc) is 2.73. The zero-order chi connectivity index (χ0) is 14.4. The summed E-state index contributed by atoms with van der Waals surface area (Å²) in [7, 11) is 0. The highest BCUT2D eigenvalue weighted by molar-refractivity contribution is 7.99. The number of urea groups is 1. The molecule has 2 rings (SSSR count). The van der Waals surface area contributed by atoms with Crippen LogP contribution in [0.4, 0.5) is 4.79 Å². The van der Waals surface area contributed by atoms with E-state index in [0.717, 1.165) is 31.0 Å². The van der Waals surface area contributed by atoms with E-state index in [1.165, 1.54) is 12.5 Å². The van der Waals surface area contributed by atoms with Crippen molar-refractivity contribution in [3.05, 3.63) is 18.2 Å². The Morgan fingerprint density at radius 3 is 3.00 bits per heavy atom. The van der Waals surface area contributed by atoms with Gasteiger partial charge >= 0.3 is 12.0 Å². The van der Waals surface area contributed by atoms with Crippen LogP contribution in [-0.4, -0.2) is 62.7 Å². The first-order valence-corrected chi connectivity index (χ1v) is 7.68. The number of nitrogens with zero attached hydrogens (tertiary/aromatic N) is 3. The number of thioether (sulfide) groups is 1. The van der Waals surface area contributed by atoms with Gasteiger partial charge < -0.3 is 19.9 Å². The molecule has 0 unspecified atom stereocenters. The molecule has 1 aliphatic heterocycles. The summed E-state index contributed by atoms with van der Waals surface area (Å²) in [4.78, 5) is 28.2. The molecule has 0 aliphatic carbocycles. The minimum absolute atomic E-state index is 0.0147. The molecule has 2 amide bonds. The van der Waals surface area contributed by atoms with E-state index in [2.05, 4.69) is 10.3 Å². The summed E-state index contributed by atoms with van der Waals surface area (Å²) in [6.45, 7) is 2.55. The Labute approximate surface area is 121 Å². The van der Waals surface area contributed by atoms with Crippen LogP contribution in [0.3, 0.4) is 0 Å². The largest absolute Gasteiger partial charge is 0.476 e. The molecule has 0 aromatic carbocycles. The number of amides is 2. The van der Waals surface area contributed by atoms with Crippen molar-refractivity contribution in [3.8, 4) is 0 Å². The Hall–Kier alpha value is -1.70. The van der Waals surface area contributed by atoms with E-state index < -0.39 is 5.97 Å². The maximum absolute atomic E-state index is 11.9. The first kappa shape index (κ1) is 14.7. The Kier molecular flexibility index (Phi) is 5.28. The van der Waals surface area contributed by atoms with Gasteiger partial charge in [-0.25, -0.2) is 14.6 Å². The highest BCUT2D eigenvalue weighted by atomic mass is 32.2. The fourth-order valence-electron chi connectivity index (χ4n) is 1.95. The van der Waals surface area contributed by atoms with Crippen LogP contribution in [0, 0.1) is 0 Å². The zero-order valence-corrected chi connectivity index (χ0v) is 11.9. The second-order valence-corrected chi connectivity index (χ2v) is 5.71. The number of hydrogen-bond acceptors (Lipinski definition) is 4. The summed E-state index contributed by atoms with van der Waals surface area (Å²) in [5.74, 6) is 1.04. The third-order valence-corrected chi connectivity index (χ3v) is 4.06. The van der Waals surface area contributed by atoms with Crippen molar-refractivity contribution >= 4 is 23.8 Å². The summed E-state index contributed by atoms with van der Waals surface area (Å²) in [6.07, 6.45) is 3.94. The molecule has 0 atom stereocenters. The SMILES string of the molecule is O=C(O)c1cn(CCNC(=O)N2CCCSCC2)cn1. The molecular weight excluding hydrogens is 280 g/mol. The second-order valence-electron chi connectivity index (χ2n) is 4.49. The fraction of sp³-hybridized carbons (Fsp3) is 0.583. The number of hydrogen-bond donors (Lipinski definition) is 2. The second kappa shape index (κ2) is 7.18. The molecule has 0 bridgehead atoms. The molecule has 1 fully saturated rings. The van der Waals surface area contributed by atoms with Gasteiger partial charge in [-0.2, -0.15) is 11.8 Å². The standard InChI is InChI=1S/C12H18N4O3S/c17-11(18)10-8-15(9-14-10)4-2-13-12(19)16-3-1-6-20-7-5-16/h8-9H,1-7H2,(H,13,19)(H,17,18). The maximum atomic E-state index is 11.9. The molecule has 110 valence electrons. The summed E-state index contributed by atoms with van der Waals surface area (Å²) in [6, 6.07) is -0.0499. The predicted octanol–water partition coefficient (Wildman–Crippen LogP) is 0.730.